The Morgan fingerprint density at radius 3 is 2.56 bits per heavy atom. The van der Waals surface area contributed by atoms with Gasteiger partial charge in [-0.15, -0.1) is 0 Å². The Kier molecular flexibility index (Phi) is 4.36. The number of nitrogens with zero attached hydrogens (tertiary/aromatic N) is 1. The van der Waals surface area contributed by atoms with Gasteiger partial charge in [0.15, 0.2) is 0 Å². The third-order valence-electron chi connectivity index (χ3n) is 3.94. The highest BCUT2D eigenvalue weighted by Crippen LogP contribution is 2.24. The fraction of sp³-hybridized carbons (Fsp3) is 0.600. The third-order valence-corrected chi connectivity index (χ3v) is 3.94. The van der Waals surface area contributed by atoms with Crippen molar-refractivity contribution in [2.45, 2.75) is 38.8 Å². The molecule has 1 saturated heterocycles. The van der Waals surface area contributed by atoms with E-state index in [1.165, 1.54) is 25.1 Å². The lowest BCUT2D eigenvalue weighted by Gasteiger charge is -2.23. The Bertz CT molecular complexity index is 377. The summed E-state index contributed by atoms with van der Waals surface area (Å²) in [6.45, 7) is 6.80. The molecule has 2 rings (SSSR count). The molecule has 0 bridgehead atoms. The fourth-order valence-electron chi connectivity index (χ4n) is 2.88. The van der Waals surface area contributed by atoms with Crippen LogP contribution in [0.15, 0.2) is 24.3 Å². The molecule has 1 aliphatic heterocycles. The van der Waals surface area contributed by atoms with E-state index in [0.717, 1.165) is 24.4 Å². The lowest BCUT2D eigenvalue weighted by molar-refractivity contribution is 0.255. The summed E-state index contributed by atoms with van der Waals surface area (Å²) in [5, 5.41) is 0. The van der Waals surface area contributed by atoms with E-state index in [9.17, 15) is 4.39 Å². The van der Waals surface area contributed by atoms with Crippen LogP contribution >= 0.6 is 0 Å². The van der Waals surface area contributed by atoms with Crippen molar-refractivity contribution >= 4 is 0 Å². The number of benzene rings is 1. The first-order valence-corrected chi connectivity index (χ1v) is 6.81. The first kappa shape index (κ1) is 13.5. The van der Waals surface area contributed by atoms with E-state index >= 15 is 0 Å². The maximum Gasteiger partial charge on any atom is 0.123 e. The zero-order valence-electron chi connectivity index (χ0n) is 11.3. The maximum atomic E-state index is 12.8. The smallest absolute Gasteiger partial charge is 0.123 e. The van der Waals surface area contributed by atoms with Crippen molar-refractivity contribution in [3.63, 3.8) is 0 Å². The molecule has 0 aliphatic carbocycles. The molecule has 0 radical (unpaired) electrons. The van der Waals surface area contributed by atoms with Crippen LogP contribution in [0.3, 0.4) is 0 Å². The maximum absolute atomic E-state index is 12.8. The Balaban J connectivity index is 1.84. The summed E-state index contributed by atoms with van der Waals surface area (Å²) in [5.41, 5.74) is 7.18. The molecule has 3 atom stereocenters. The summed E-state index contributed by atoms with van der Waals surface area (Å²) >= 11 is 0. The Morgan fingerprint density at radius 2 is 2.00 bits per heavy atom. The minimum atomic E-state index is -0.201. The highest BCUT2D eigenvalue weighted by Gasteiger charge is 2.25. The van der Waals surface area contributed by atoms with Crippen LogP contribution in [0.5, 0.6) is 0 Å². The lowest BCUT2D eigenvalue weighted by Crippen LogP contribution is -2.30. The third kappa shape index (κ3) is 3.30. The first-order chi connectivity index (χ1) is 8.56. The van der Waals surface area contributed by atoms with Gasteiger partial charge in [0, 0.05) is 25.2 Å². The number of hydrogen-bond acceptors (Lipinski definition) is 2. The van der Waals surface area contributed by atoms with Gasteiger partial charge in [-0.05, 0) is 43.4 Å². The predicted octanol–water partition coefficient (Wildman–Crippen LogP) is 2.95. The molecule has 1 aromatic carbocycles. The minimum Gasteiger partial charge on any atom is -0.324 e. The van der Waals surface area contributed by atoms with Crippen molar-refractivity contribution in [1.29, 1.82) is 0 Å². The highest BCUT2D eigenvalue weighted by atomic mass is 19.1. The van der Waals surface area contributed by atoms with Crippen LogP contribution in [0, 0.1) is 11.7 Å². The molecule has 100 valence electrons. The Morgan fingerprint density at radius 1 is 1.33 bits per heavy atom. The second-order valence-electron chi connectivity index (χ2n) is 5.63. The van der Waals surface area contributed by atoms with Crippen LogP contribution in [-0.2, 0) is 0 Å². The van der Waals surface area contributed by atoms with Crippen LogP contribution in [0.2, 0.25) is 0 Å². The zero-order chi connectivity index (χ0) is 13.1. The second-order valence-corrected chi connectivity index (χ2v) is 5.63. The summed E-state index contributed by atoms with van der Waals surface area (Å²) in [6, 6.07) is 7.21. The summed E-state index contributed by atoms with van der Waals surface area (Å²) < 4.78 is 12.8. The van der Waals surface area contributed by atoms with Gasteiger partial charge in [0.05, 0.1) is 0 Å². The molecule has 1 aromatic rings. The molecular weight excluding hydrogens is 227 g/mol. The van der Waals surface area contributed by atoms with Crippen molar-refractivity contribution in [3.05, 3.63) is 35.6 Å². The van der Waals surface area contributed by atoms with Gasteiger partial charge < -0.3 is 10.6 Å². The molecule has 2 nitrogen and oxygen atoms in total. The van der Waals surface area contributed by atoms with Crippen LogP contribution < -0.4 is 5.73 Å². The minimum absolute atomic E-state index is 0.00806. The van der Waals surface area contributed by atoms with Crippen molar-refractivity contribution in [2.24, 2.45) is 11.7 Å². The van der Waals surface area contributed by atoms with Gasteiger partial charge in [-0.1, -0.05) is 19.1 Å². The van der Waals surface area contributed by atoms with E-state index in [2.05, 4.69) is 18.7 Å². The fourth-order valence-corrected chi connectivity index (χ4v) is 2.88. The summed E-state index contributed by atoms with van der Waals surface area (Å²) in [7, 11) is 0. The lowest BCUT2D eigenvalue weighted by atomic mass is 10.0. The summed E-state index contributed by atoms with van der Waals surface area (Å²) in [6.07, 6.45) is 2.22. The second kappa shape index (κ2) is 5.81. The van der Waals surface area contributed by atoms with E-state index in [4.69, 9.17) is 5.73 Å². The van der Waals surface area contributed by atoms with E-state index in [1.807, 2.05) is 0 Å². The van der Waals surface area contributed by atoms with Crippen molar-refractivity contribution in [3.8, 4) is 0 Å². The monoisotopic (exact) mass is 250 g/mol. The molecule has 1 heterocycles. The van der Waals surface area contributed by atoms with Crippen molar-refractivity contribution in [1.82, 2.24) is 4.90 Å². The average molecular weight is 250 g/mol. The van der Waals surface area contributed by atoms with Gasteiger partial charge in [-0.25, -0.2) is 4.39 Å². The molecule has 18 heavy (non-hydrogen) atoms. The molecule has 3 unspecified atom stereocenters. The molecular formula is C15H23FN2. The summed E-state index contributed by atoms with van der Waals surface area (Å²) in [4.78, 5) is 2.51. The van der Waals surface area contributed by atoms with Crippen molar-refractivity contribution in [2.75, 3.05) is 13.1 Å². The summed E-state index contributed by atoms with van der Waals surface area (Å²) in [5.74, 6) is 0.593. The van der Waals surface area contributed by atoms with Crippen molar-refractivity contribution < 1.29 is 4.39 Å². The van der Waals surface area contributed by atoms with Crippen LogP contribution in [0.25, 0.3) is 0 Å². The van der Waals surface area contributed by atoms with Gasteiger partial charge in [0.2, 0.25) is 0 Å². The van der Waals surface area contributed by atoms with E-state index in [1.54, 1.807) is 12.1 Å². The molecule has 1 fully saturated rings. The molecule has 2 N–H and O–H groups in total. The van der Waals surface area contributed by atoms with E-state index < -0.39 is 0 Å². The number of rotatable bonds is 4. The van der Waals surface area contributed by atoms with Gasteiger partial charge >= 0.3 is 0 Å². The molecule has 0 amide bonds. The number of hydrogen-bond donors (Lipinski definition) is 1. The van der Waals surface area contributed by atoms with Gasteiger partial charge in [0.25, 0.3) is 0 Å². The van der Waals surface area contributed by atoms with E-state index in [-0.39, 0.29) is 11.9 Å². The normalized spacial score (nSPS) is 26.4. The largest absolute Gasteiger partial charge is 0.324 e. The first-order valence-electron chi connectivity index (χ1n) is 6.81. The SMILES string of the molecule is CC1CC(C)N(CCC(N)c2ccc(F)cc2)C1. The molecule has 1 aliphatic rings. The molecule has 3 heteroatoms. The zero-order valence-corrected chi connectivity index (χ0v) is 11.3. The van der Waals surface area contributed by atoms with Gasteiger partial charge in [0.1, 0.15) is 5.82 Å². The quantitative estimate of drug-likeness (QED) is 0.890. The van der Waals surface area contributed by atoms with Gasteiger partial charge in [-0.3, -0.25) is 0 Å². The predicted molar refractivity (Wildman–Crippen MR) is 72.8 cm³/mol. The standard InChI is InChI=1S/C15H23FN2/c1-11-9-12(2)18(10-11)8-7-15(17)13-3-5-14(16)6-4-13/h3-6,11-12,15H,7-10,17H2,1-2H3. The Labute approximate surface area is 109 Å². The number of halogens is 1. The highest BCUT2D eigenvalue weighted by molar-refractivity contribution is 5.19. The van der Waals surface area contributed by atoms with Crippen LogP contribution in [0.4, 0.5) is 4.39 Å². The average Bonchev–Trinajstić information content (AvgIpc) is 2.66. The van der Waals surface area contributed by atoms with E-state index in [0.29, 0.717) is 6.04 Å². The molecule has 0 aromatic heterocycles. The van der Waals surface area contributed by atoms with Crippen LogP contribution in [-0.4, -0.2) is 24.0 Å². The van der Waals surface area contributed by atoms with Crippen LogP contribution in [0.1, 0.15) is 38.3 Å². The topological polar surface area (TPSA) is 29.3 Å². The number of likely N-dealkylation sites (tertiary alicyclic amines) is 1. The number of nitrogens with two attached hydrogens (primary N) is 1. The molecule has 0 saturated carbocycles. The molecule has 0 spiro atoms. The van der Waals surface area contributed by atoms with Gasteiger partial charge in [-0.2, -0.15) is 0 Å². The Hall–Kier alpha value is -0.930.